The molecule has 0 spiro atoms. The van der Waals surface area contributed by atoms with Gasteiger partial charge >= 0.3 is 0 Å². The molecule has 1 saturated heterocycles. The molecule has 4 heterocycles. The highest BCUT2D eigenvalue weighted by Crippen LogP contribution is 2.24. The number of carbonyl (C=O) groups is 1. The van der Waals surface area contributed by atoms with Gasteiger partial charge in [0, 0.05) is 31.4 Å². The lowest BCUT2D eigenvalue weighted by molar-refractivity contribution is 0.0951. The molecule has 0 unspecified atom stereocenters. The van der Waals surface area contributed by atoms with Crippen molar-refractivity contribution in [3.05, 3.63) is 47.5 Å². The summed E-state index contributed by atoms with van der Waals surface area (Å²) in [4.78, 5) is 20.1. The van der Waals surface area contributed by atoms with Crippen molar-refractivity contribution in [1.29, 1.82) is 0 Å². The normalized spacial score (nSPS) is 16.9. The van der Waals surface area contributed by atoms with Crippen LogP contribution in [0.4, 0.5) is 5.82 Å². The van der Waals surface area contributed by atoms with E-state index in [0.717, 1.165) is 67.3 Å². The van der Waals surface area contributed by atoms with Crippen molar-refractivity contribution < 1.29 is 9.53 Å². The van der Waals surface area contributed by atoms with Crippen LogP contribution in [-0.2, 0) is 24.2 Å². The number of morpholine rings is 1. The summed E-state index contributed by atoms with van der Waals surface area (Å²) in [6.07, 6.45) is 4.45. The first kappa shape index (κ1) is 19.0. The monoisotopic (exact) mass is 406 g/mol. The Morgan fingerprint density at radius 1 is 1.07 bits per heavy atom. The van der Waals surface area contributed by atoms with E-state index >= 15 is 0 Å². The fourth-order valence-corrected chi connectivity index (χ4v) is 4.23. The van der Waals surface area contributed by atoms with Crippen LogP contribution >= 0.6 is 0 Å². The Kier molecular flexibility index (Phi) is 5.31. The van der Waals surface area contributed by atoms with Gasteiger partial charge in [0.2, 0.25) is 0 Å². The smallest absolute Gasteiger partial charge is 0.252 e. The average molecular weight is 406 g/mol. The number of rotatable bonds is 4. The number of aromatic nitrogens is 4. The van der Waals surface area contributed by atoms with Crippen molar-refractivity contribution in [2.24, 2.45) is 0 Å². The predicted octanol–water partition coefficient (Wildman–Crippen LogP) is 2.32. The molecular formula is C22H26N6O2. The van der Waals surface area contributed by atoms with Crippen LogP contribution in [0.1, 0.15) is 41.3 Å². The Morgan fingerprint density at radius 3 is 2.83 bits per heavy atom. The lowest BCUT2D eigenvalue weighted by Gasteiger charge is -2.28. The highest BCUT2D eigenvalue weighted by molar-refractivity contribution is 6.07. The van der Waals surface area contributed by atoms with Crippen LogP contribution in [0.15, 0.2) is 30.3 Å². The van der Waals surface area contributed by atoms with Gasteiger partial charge in [0.05, 0.1) is 30.8 Å². The lowest BCUT2D eigenvalue weighted by atomic mass is 10.1. The number of para-hydroxylation sites is 1. The Morgan fingerprint density at radius 2 is 1.93 bits per heavy atom. The quantitative estimate of drug-likeness (QED) is 0.716. The van der Waals surface area contributed by atoms with Crippen LogP contribution in [-0.4, -0.2) is 52.0 Å². The molecule has 5 rings (SSSR count). The first-order valence-electron chi connectivity index (χ1n) is 10.7. The highest BCUT2D eigenvalue weighted by Gasteiger charge is 2.19. The van der Waals surface area contributed by atoms with Gasteiger partial charge in [-0.1, -0.05) is 24.6 Å². The molecule has 1 aromatic carbocycles. The molecule has 0 saturated carbocycles. The maximum atomic E-state index is 13.2. The van der Waals surface area contributed by atoms with E-state index in [1.54, 1.807) is 0 Å². The average Bonchev–Trinajstić information content (AvgIpc) is 3.03. The third kappa shape index (κ3) is 3.75. The number of fused-ring (bicyclic) bond motifs is 2. The summed E-state index contributed by atoms with van der Waals surface area (Å²) in [5, 5.41) is 12.6. The molecule has 8 nitrogen and oxygen atoms in total. The third-order valence-corrected chi connectivity index (χ3v) is 5.88. The van der Waals surface area contributed by atoms with Gasteiger partial charge in [-0.25, -0.2) is 4.98 Å². The predicted molar refractivity (Wildman–Crippen MR) is 114 cm³/mol. The summed E-state index contributed by atoms with van der Waals surface area (Å²) in [6, 6.07) is 9.68. The molecule has 30 heavy (non-hydrogen) atoms. The first-order chi connectivity index (χ1) is 14.8. The van der Waals surface area contributed by atoms with E-state index in [4.69, 9.17) is 9.72 Å². The van der Waals surface area contributed by atoms with E-state index < -0.39 is 0 Å². The number of nitrogens with zero attached hydrogens (tertiary/aromatic N) is 5. The zero-order valence-corrected chi connectivity index (χ0v) is 17.0. The summed E-state index contributed by atoms with van der Waals surface area (Å²) >= 11 is 0. The summed E-state index contributed by atoms with van der Waals surface area (Å²) in [7, 11) is 0. The summed E-state index contributed by atoms with van der Waals surface area (Å²) in [5.74, 6) is 2.56. The Balaban J connectivity index is 1.41. The summed E-state index contributed by atoms with van der Waals surface area (Å²) in [5.41, 5.74) is 1.46. The van der Waals surface area contributed by atoms with Crippen molar-refractivity contribution in [3.63, 3.8) is 0 Å². The molecule has 1 amide bonds. The number of anilines is 1. The molecule has 0 radical (unpaired) electrons. The van der Waals surface area contributed by atoms with Gasteiger partial charge < -0.3 is 19.5 Å². The molecule has 0 bridgehead atoms. The highest BCUT2D eigenvalue weighted by atomic mass is 16.5. The van der Waals surface area contributed by atoms with Crippen molar-refractivity contribution >= 4 is 22.6 Å². The van der Waals surface area contributed by atoms with Gasteiger partial charge in [0.1, 0.15) is 11.6 Å². The van der Waals surface area contributed by atoms with Gasteiger partial charge in [-0.15, -0.1) is 10.2 Å². The minimum Gasteiger partial charge on any atom is -0.378 e. The Labute approximate surface area is 175 Å². The molecule has 2 aromatic heterocycles. The van der Waals surface area contributed by atoms with Crippen LogP contribution in [0.2, 0.25) is 0 Å². The fourth-order valence-electron chi connectivity index (χ4n) is 4.23. The van der Waals surface area contributed by atoms with Crippen molar-refractivity contribution in [1.82, 2.24) is 25.1 Å². The lowest BCUT2D eigenvalue weighted by Crippen LogP contribution is -2.37. The van der Waals surface area contributed by atoms with E-state index in [0.29, 0.717) is 25.3 Å². The van der Waals surface area contributed by atoms with Crippen molar-refractivity contribution in [2.75, 3.05) is 31.2 Å². The maximum absolute atomic E-state index is 13.2. The van der Waals surface area contributed by atoms with E-state index in [2.05, 4.69) is 25.0 Å². The molecule has 3 aromatic rings. The number of amides is 1. The number of benzene rings is 1. The number of pyridine rings is 1. The Bertz CT molecular complexity index is 1060. The van der Waals surface area contributed by atoms with Crippen LogP contribution in [0, 0.1) is 0 Å². The molecule has 8 heteroatoms. The number of aryl methyl sites for hydroxylation is 1. The van der Waals surface area contributed by atoms with Crippen molar-refractivity contribution in [2.45, 2.75) is 38.8 Å². The molecule has 156 valence electrons. The zero-order valence-electron chi connectivity index (χ0n) is 17.0. The summed E-state index contributed by atoms with van der Waals surface area (Å²) < 4.78 is 7.62. The van der Waals surface area contributed by atoms with E-state index in [9.17, 15) is 4.79 Å². The van der Waals surface area contributed by atoms with E-state index in [1.807, 2.05) is 30.3 Å². The van der Waals surface area contributed by atoms with Crippen LogP contribution in [0.25, 0.3) is 10.9 Å². The first-order valence-corrected chi connectivity index (χ1v) is 10.7. The van der Waals surface area contributed by atoms with Crippen LogP contribution in [0.5, 0.6) is 0 Å². The molecule has 2 aliphatic heterocycles. The second kappa shape index (κ2) is 8.39. The molecule has 0 atom stereocenters. The molecule has 1 fully saturated rings. The van der Waals surface area contributed by atoms with E-state index in [1.165, 1.54) is 6.42 Å². The minimum absolute atomic E-state index is 0.117. The molecule has 1 N–H and O–H groups in total. The second-order valence-corrected chi connectivity index (χ2v) is 7.82. The number of nitrogens with one attached hydrogen (secondary N) is 1. The molecule has 0 aliphatic carbocycles. The second-order valence-electron chi connectivity index (χ2n) is 7.82. The molecule has 2 aliphatic rings. The van der Waals surface area contributed by atoms with Crippen LogP contribution < -0.4 is 10.2 Å². The third-order valence-electron chi connectivity index (χ3n) is 5.88. The van der Waals surface area contributed by atoms with Gasteiger partial charge in [0.25, 0.3) is 5.91 Å². The fraction of sp³-hybridized carbons (Fsp3) is 0.455. The largest absolute Gasteiger partial charge is 0.378 e. The van der Waals surface area contributed by atoms with Crippen LogP contribution in [0.3, 0.4) is 0 Å². The van der Waals surface area contributed by atoms with Gasteiger partial charge in [0.15, 0.2) is 5.82 Å². The zero-order chi connectivity index (χ0) is 20.3. The van der Waals surface area contributed by atoms with Gasteiger partial charge in [-0.3, -0.25) is 4.79 Å². The van der Waals surface area contributed by atoms with Gasteiger partial charge in [-0.05, 0) is 25.0 Å². The minimum atomic E-state index is -0.117. The van der Waals surface area contributed by atoms with E-state index in [-0.39, 0.29) is 5.91 Å². The number of hydrogen-bond donors (Lipinski definition) is 1. The Hall–Kier alpha value is -3.00. The standard InChI is InChI=1S/C22H26N6O2/c29-22(23-15-21-26-25-19-8-2-1-5-9-28(19)21)17-14-20(27-10-12-30-13-11-27)24-18-7-4-3-6-16(17)18/h3-4,6-7,14H,1-2,5,8-13,15H2,(H,23,29). The topological polar surface area (TPSA) is 85.2 Å². The van der Waals surface area contributed by atoms with Gasteiger partial charge in [-0.2, -0.15) is 0 Å². The number of hydrogen-bond acceptors (Lipinski definition) is 6. The number of carbonyl (C=O) groups excluding carboxylic acids is 1. The maximum Gasteiger partial charge on any atom is 0.252 e. The summed E-state index contributed by atoms with van der Waals surface area (Å²) in [6.45, 7) is 4.20. The molecular weight excluding hydrogens is 380 g/mol. The number of ether oxygens (including phenoxy) is 1. The SMILES string of the molecule is O=C(NCc1nnc2n1CCCCC2)c1cc(N2CCOCC2)nc2ccccc12. The van der Waals surface area contributed by atoms with Crippen molar-refractivity contribution in [3.8, 4) is 0 Å².